The third-order valence-corrected chi connectivity index (χ3v) is 2.79. The maximum absolute atomic E-state index is 10.6. The van der Waals surface area contributed by atoms with Crippen LogP contribution in [0.15, 0.2) is 30.6 Å². The Hall–Kier alpha value is -3.23. The third kappa shape index (κ3) is 2.56. The highest BCUT2D eigenvalue weighted by atomic mass is 16.6. The molecule has 0 saturated heterocycles. The number of nitrogens with two attached hydrogens (primary N) is 1. The van der Waals surface area contributed by atoms with Crippen molar-refractivity contribution in [1.82, 2.24) is 19.9 Å². The number of nitro benzene ring substituents is 1. The topological polar surface area (TPSA) is 133 Å². The third-order valence-electron chi connectivity index (χ3n) is 2.79. The summed E-state index contributed by atoms with van der Waals surface area (Å²) in [5.41, 5.74) is 7.30. The van der Waals surface area contributed by atoms with Gasteiger partial charge in [-0.2, -0.15) is 9.97 Å². The maximum atomic E-state index is 10.6. The minimum absolute atomic E-state index is 0.0320. The van der Waals surface area contributed by atoms with Crippen LogP contribution in [0.3, 0.4) is 0 Å². The molecule has 106 valence electrons. The molecule has 0 fully saturated rings. The zero-order valence-electron chi connectivity index (χ0n) is 10.7. The zero-order chi connectivity index (χ0) is 14.8. The number of nitrogens with one attached hydrogen (secondary N) is 1. The van der Waals surface area contributed by atoms with Crippen molar-refractivity contribution in [3.05, 3.63) is 46.3 Å². The lowest BCUT2D eigenvalue weighted by molar-refractivity contribution is -0.384. The molecular formula is C12H10N6O3. The van der Waals surface area contributed by atoms with Gasteiger partial charge in [-0.3, -0.25) is 10.1 Å². The SMILES string of the molecule is Nc1nc2ncnc(OCc3ccc([N+](=O)[O-])cc3)c2[nH]1. The molecule has 0 aliphatic carbocycles. The van der Waals surface area contributed by atoms with Crippen LogP contribution >= 0.6 is 0 Å². The molecule has 0 amide bonds. The fraction of sp³-hybridized carbons (Fsp3) is 0.0833. The van der Waals surface area contributed by atoms with Crippen LogP contribution in [-0.2, 0) is 6.61 Å². The Labute approximate surface area is 118 Å². The summed E-state index contributed by atoms with van der Waals surface area (Å²) in [6.07, 6.45) is 1.33. The average molecular weight is 286 g/mol. The van der Waals surface area contributed by atoms with Crippen molar-refractivity contribution in [3.63, 3.8) is 0 Å². The Morgan fingerprint density at radius 1 is 1.29 bits per heavy atom. The van der Waals surface area contributed by atoms with Gasteiger partial charge in [-0.15, -0.1) is 0 Å². The standard InChI is InChI=1S/C12H10N6O3/c13-12-16-9-10(17-12)14-6-15-11(9)21-5-7-1-3-8(4-2-7)18(19)20/h1-4,6H,5H2,(H3,13,14,15,16,17). The second-order valence-corrected chi connectivity index (χ2v) is 4.21. The highest BCUT2D eigenvalue weighted by Gasteiger charge is 2.10. The van der Waals surface area contributed by atoms with E-state index in [9.17, 15) is 10.1 Å². The second kappa shape index (κ2) is 5.04. The molecule has 2 aromatic heterocycles. The van der Waals surface area contributed by atoms with E-state index < -0.39 is 4.92 Å². The number of anilines is 1. The smallest absolute Gasteiger partial charge is 0.269 e. The molecule has 0 atom stereocenters. The van der Waals surface area contributed by atoms with Gasteiger partial charge in [0.25, 0.3) is 5.69 Å². The van der Waals surface area contributed by atoms with Crippen LogP contribution in [0.25, 0.3) is 11.2 Å². The Kier molecular flexibility index (Phi) is 3.07. The summed E-state index contributed by atoms with van der Waals surface area (Å²) in [4.78, 5) is 24.9. The first kappa shape index (κ1) is 12.8. The fourth-order valence-electron chi connectivity index (χ4n) is 1.80. The molecule has 0 aliphatic heterocycles. The van der Waals surface area contributed by atoms with Gasteiger partial charge in [-0.1, -0.05) is 0 Å². The van der Waals surface area contributed by atoms with Gasteiger partial charge in [0.2, 0.25) is 5.88 Å². The van der Waals surface area contributed by atoms with E-state index in [0.717, 1.165) is 5.56 Å². The first-order valence-electron chi connectivity index (χ1n) is 5.96. The van der Waals surface area contributed by atoms with E-state index in [4.69, 9.17) is 10.5 Å². The van der Waals surface area contributed by atoms with Crippen LogP contribution in [0.4, 0.5) is 11.6 Å². The molecule has 3 N–H and O–H groups in total. The molecule has 3 rings (SSSR count). The van der Waals surface area contributed by atoms with Crippen LogP contribution in [0, 0.1) is 10.1 Å². The number of fused-ring (bicyclic) bond motifs is 1. The first-order chi connectivity index (χ1) is 10.1. The number of H-pyrrole nitrogens is 1. The van der Waals surface area contributed by atoms with Crippen LogP contribution in [0.2, 0.25) is 0 Å². The predicted octanol–water partition coefficient (Wildman–Crippen LogP) is 1.42. The number of aromatic nitrogens is 4. The van der Waals surface area contributed by atoms with Gasteiger partial charge < -0.3 is 15.5 Å². The monoisotopic (exact) mass is 286 g/mol. The number of ether oxygens (including phenoxy) is 1. The van der Waals surface area contributed by atoms with E-state index in [1.807, 2.05) is 0 Å². The minimum atomic E-state index is -0.452. The number of nitrogen functional groups attached to an aromatic ring is 1. The number of rotatable bonds is 4. The predicted molar refractivity (Wildman–Crippen MR) is 73.5 cm³/mol. The summed E-state index contributed by atoms with van der Waals surface area (Å²) in [7, 11) is 0. The van der Waals surface area contributed by atoms with Crippen molar-refractivity contribution in [2.45, 2.75) is 6.61 Å². The van der Waals surface area contributed by atoms with Crippen LogP contribution in [0.1, 0.15) is 5.56 Å². The average Bonchev–Trinajstić information content (AvgIpc) is 2.86. The summed E-state index contributed by atoms with van der Waals surface area (Å²) in [5, 5.41) is 10.6. The second-order valence-electron chi connectivity index (χ2n) is 4.21. The number of aromatic amines is 1. The normalized spacial score (nSPS) is 10.7. The van der Waals surface area contributed by atoms with E-state index in [2.05, 4.69) is 19.9 Å². The van der Waals surface area contributed by atoms with Gasteiger partial charge in [0.05, 0.1) is 4.92 Å². The van der Waals surface area contributed by atoms with Crippen molar-refractivity contribution in [1.29, 1.82) is 0 Å². The minimum Gasteiger partial charge on any atom is -0.471 e. The summed E-state index contributed by atoms with van der Waals surface area (Å²) < 4.78 is 5.57. The number of non-ortho nitro benzene ring substituents is 1. The largest absolute Gasteiger partial charge is 0.471 e. The fourth-order valence-corrected chi connectivity index (χ4v) is 1.80. The van der Waals surface area contributed by atoms with Crippen LogP contribution in [-0.4, -0.2) is 24.9 Å². The van der Waals surface area contributed by atoms with Crippen molar-refractivity contribution in [2.75, 3.05) is 5.73 Å². The Morgan fingerprint density at radius 2 is 2.05 bits per heavy atom. The molecule has 0 spiro atoms. The van der Waals surface area contributed by atoms with Crippen LogP contribution in [0.5, 0.6) is 5.88 Å². The molecule has 0 radical (unpaired) electrons. The number of hydrogen-bond donors (Lipinski definition) is 2. The molecule has 0 saturated carbocycles. The zero-order valence-corrected chi connectivity index (χ0v) is 10.7. The molecule has 9 nitrogen and oxygen atoms in total. The van der Waals surface area contributed by atoms with Crippen molar-refractivity contribution >= 4 is 22.8 Å². The van der Waals surface area contributed by atoms with E-state index in [0.29, 0.717) is 17.0 Å². The maximum Gasteiger partial charge on any atom is 0.269 e. The lowest BCUT2D eigenvalue weighted by Gasteiger charge is -2.05. The molecular weight excluding hydrogens is 276 g/mol. The first-order valence-corrected chi connectivity index (χ1v) is 5.96. The highest BCUT2D eigenvalue weighted by Crippen LogP contribution is 2.21. The van der Waals surface area contributed by atoms with Gasteiger partial charge in [-0.25, -0.2) is 4.98 Å². The molecule has 0 aliphatic rings. The number of benzene rings is 1. The Bertz CT molecular complexity index is 798. The van der Waals surface area contributed by atoms with Crippen molar-refractivity contribution in [3.8, 4) is 5.88 Å². The Morgan fingerprint density at radius 3 is 2.76 bits per heavy atom. The molecule has 9 heteroatoms. The van der Waals surface area contributed by atoms with E-state index in [-0.39, 0.29) is 18.2 Å². The number of nitrogens with zero attached hydrogens (tertiary/aromatic N) is 4. The summed E-state index contributed by atoms with van der Waals surface area (Å²) >= 11 is 0. The van der Waals surface area contributed by atoms with E-state index in [1.54, 1.807) is 12.1 Å². The molecule has 2 heterocycles. The summed E-state index contributed by atoms with van der Waals surface area (Å²) in [5.74, 6) is 0.549. The molecule has 0 bridgehead atoms. The summed E-state index contributed by atoms with van der Waals surface area (Å²) in [6.45, 7) is 0.211. The van der Waals surface area contributed by atoms with Crippen molar-refractivity contribution < 1.29 is 9.66 Å². The van der Waals surface area contributed by atoms with Gasteiger partial charge in [0.15, 0.2) is 11.6 Å². The number of nitro groups is 1. The van der Waals surface area contributed by atoms with Gasteiger partial charge in [0.1, 0.15) is 18.5 Å². The summed E-state index contributed by atoms with van der Waals surface area (Å²) in [6, 6.07) is 6.08. The molecule has 21 heavy (non-hydrogen) atoms. The van der Waals surface area contributed by atoms with Gasteiger partial charge >= 0.3 is 0 Å². The number of imidazole rings is 1. The highest BCUT2D eigenvalue weighted by molar-refractivity contribution is 5.77. The van der Waals surface area contributed by atoms with E-state index in [1.165, 1.54) is 18.5 Å². The molecule has 3 aromatic rings. The van der Waals surface area contributed by atoms with Crippen LogP contribution < -0.4 is 10.5 Å². The molecule has 1 aromatic carbocycles. The quantitative estimate of drug-likeness (QED) is 0.547. The lowest BCUT2D eigenvalue weighted by atomic mass is 10.2. The number of hydrogen-bond acceptors (Lipinski definition) is 7. The lowest BCUT2D eigenvalue weighted by Crippen LogP contribution is -1.99. The molecule has 0 unspecified atom stereocenters. The van der Waals surface area contributed by atoms with E-state index >= 15 is 0 Å². The van der Waals surface area contributed by atoms with Crippen molar-refractivity contribution in [2.24, 2.45) is 0 Å². The Balaban J connectivity index is 1.78. The van der Waals surface area contributed by atoms with Gasteiger partial charge in [-0.05, 0) is 17.7 Å². The van der Waals surface area contributed by atoms with Gasteiger partial charge in [0, 0.05) is 12.1 Å².